The zero-order chi connectivity index (χ0) is 17.7. The Bertz CT molecular complexity index is 637. The molecule has 0 unspecified atom stereocenters. The predicted octanol–water partition coefficient (Wildman–Crippen LogP) is 2.01. The highest BCUT2D eigenvalue weighted by molar-refractivity contribution is 5.85. The molecule has 0 aromatic carbocycles. The summed E-state index contributed by atoms with van der Waals surface area (Å²) >= 11 is 0. The number of carbonyl (C=O) groups is 1. The molecule has 3 heterocycles. The second kappa shape index (κ2) is 10.6. The summed E-state index contributed by atoms with van der Waals surface area (Å²) < 4.78 is 17.9. The molecule has 3 rings (SSSR count). The standard InChI is InChI=1S/C17H24FN5O2.2ClH/c18-8-13(9-19)12-25-14-10-21-16(22-11-14)23-6-3-17(4-7-23)2-1-5-20-15(17)24;;/h8,10-11H,1-7,9,12,19H2,(H,20,24);2*1H/b13-8+;;. The number of hydrogen-bond acceptors (Lipinski definition) is 6. The van der Waals surface area contributed by atoms with Gasteiger partial charge in [-0.2, -0.15) is 0 Å². The number of ether oxygens (including phenoxy) is 1. The molecule has 2 fully saturated rings. The Morgan fingerprint density at radius 3 is 2.52 bits per heavy atom. The van der Waals surface area contributed by atoms with E-state index in [4.69, 9.17) is 10.5 Å². The first-order valence-electron chi connectivity index (χ1n) is 8.63. The minimum absolute atomic E-state index is 0. The van der Waals surface area contributed by atoms with Crippen LogP contribution >= 0.6 is 24.8 Å². The molecular weight excluding hydrogens is 396 g/mol. The lowest BCUT2D eigenvalue weighted by Crippen LogP contribution is -2.52. The number of piperidine rings is 2. The van der Waals surface area contributed by atoms with Crippen molar-refractivity contribution in [1.82, 2.24) is 15.3 Å². The summed E-state index contributed by atoms with van der Waals surface area (Å²) in [6, 6.07) is 0. The van der Waals surface area contributed by atoms with Crippen molar-refractivity contribution in [1.29, 1.82) is 0 Å². The van der Waals surface area contributed by atoms with Gasteiger partial charge < -0.3 is 20.7 Å². The second-order valence-corrected chi connectivity index (χ2v) is 6.61. The quantitative estimate of drug-likeness (QED) is 0.754. The van der Waals surface area contributed by atoms with Gasteiger partial charge in [-0.3, -0.25) is 4.79 Å². The van der Waals surface area contributed by atoms with Crippen molar-refractivity contribution in [3.05, 3.63) is 24.3 Å². The Hall–Kier alpha value is -1.64. The van der Waals surface area contributed by atoms with Crippen LogP contribution in [0.15, 0.2) is 24.3 Å². The van der Waals surface area contributed by atoms with Crippen LogP contribution in [0.25, 0.3) is 0 Å². The summed E-state index contributed by atoms with van der Waals surface area (Å²) in [5.41, 5.74) is 5.54. The van der Waals surface area contributed by atoms with Gasteiger partial charge in [-0.25, -0.2) is 14.4 Å². The van der Waals surface area contributed by atoms with Crippen molar-refractivity contribution in [3.8, 4) is 5.75 Å². The van der Waals surface area contributed by atoms with E-state index in [1.807, 2.05) is 0 Å². The van der Waals surface area contributed by atoms with E-state index in [0.29, 0.717) is 23.6 Å². The molecule has 2 saturated heterocycles. The highest BCUT2D eigenvalue weighted by Gasteiger charge is 2.42. The van der Waals surface area contributed by atoms with Crippen LogP contribution < -0.4 is 20.7 Å². The van der Waals surface area contributed by atoms with E-state index in [2.05, 4.69) is 20.2 Å². The summed E-state index contributed by atoms with van der Waals surface area (Å²) in [5.74, 6) is 1.29. The van der Waals surface area contributed by atoms with E-state index in [9.17, 15) is 9.18 Å². The summed E-state index contributed by atoms with van der Waals surface area (Å²) in [4.78, 5) is 23.0. The van der Waals surface area contributed by atoms with Crippen LogP contribution in [0.4, 0.5) is 10.3 Å². The predicted molar refractivity (Wildman–Crippen MR) is 106 cm³/mol. The number of rotatable bonds is 5. The van der Waals surface area contributed by atoms with E-state index in [1.54, 1.807) is 12.4 Å². The van der Waals surface area contributed by atoms with Crippen LogP contribution in [0.5, 0.6) is 5.75 Å². The molecule has 7 nitrogen and oxygen atoms in total. The van der Waals surface area contributed by atoms with Crippen LogP contribution in [0.1, 0.15) is 25.7 Å². The zero-order valence-electron chi connectivity index (χ0n) is 15.0. The number of nitrogens with two attached hydrogens (primary N) is 1. The average Bonchev–Trinajstić information content (AvgIpc) is 2.66. The van der Waals surface area contributed by atoms with Gasteiger partial charge in [0.2, 0.25) is 11.9 Å². The summed E-state index contributed by atoms with van der Waals surface area (Å²) in [5, 5.41) is 2.99. The van der Waals surface area contributed by atoms with Gasteiger partial charge in [0.15, 0.2) is 5.75 Å². The fourth-order valence-corrected chi connectivity index (χ4v) is 3.40. The Morgan fingerprint density at radius 2 is 1.96 bits per heavy atom. The number of amides is 1. The van der Waals surface area contributed by atoms with Gasteiger partial charge in [-0.05, 0) is 25.7 Å². The number of nitrogens with zero attached hydrogens (tertiary/aromatic N) is 3. The van der Waals surface area contributed by atoms with Crippen molar-refractivity contribution in [2.75, 3.05) is 37.7 Å². The summed E-state index contributed by atoms with van der Waals surface area (Å²) in [6.07, 6.45) is 7.26. The fourth-order valence-electron chi connectivity index (χ4n) is 3.40. The van der Waals surface area contributed by atoms with Gasteiger partial charge in [0.05, 0.1) is 24.1 Å². The van der Waals surface area contributed by atoms with Crippen LogP contribution in [0.2, 0.25) is 0 Å². The lowest BCUT2D eigenvalue weighted by molar-refractivity contribution is -0.134. The number of nitrogens with one attached hydrogen (secondary N) is 1. The topological polar surface area (TPSA) is 93.4 Å². The third-order valence-corrected chi connectivity index (χ3v) is 5.06. The summed E-state index contributed by atoms with van der Waals surface area (Å²) in [7, 11) is 0. The van der Waals surface area contributed by atoms with E-state index >= 15 is 0 Å². The highest BCUT2D eigenvalue weighted by atomic mass is 35.5. The van der Waals surface area contributed by atoms with E-state index in [0.717, 1.165) is 45.3 Å². The Balaban J connectivity index is 0.00000182. The largest absolute Gasteiger partial charge is 0.486 e. The van der Waals surface area contributed by atoms with Gasteiger partial charge in [0.25, 0.3) is 0 Å². The fraction of sp³-hybridized carbons (Fsp3) is 0.588. The third-order valence-electron chi connectivity index (χ3n) is 5.06. The van der Waals surface area contributed by atoms with Crippen molar-refractivity contribution in [2.45, 2.75) is 25.7 Å². The molecule has 1 spiro atoms. The second-order valence-electron chi connectivity index (χ2n) is 6.61. The molecule has 0 radical (unpaired) electrons. The molecule has 1 aromatic heterocycles. The smallest absolute Gasteiger partial charge is 0.226 e. The molecule has 2 aliphatic heterocycles. The first-order chi connectivity index (χ1) is 12.2. The van der Waals surface area contributed by atoms with E-state index in [-0.39, 0.29) is 49.3 Å². The first-order valence-corrected chi connectivity index (χ1v) is 8.63. The molecule has 1 amide bonds. The first kappa shape index (κ1) is 23.4. The van der Waals surface area contributed by atoms with Crippen molar-refractivity contribution >= 4 is 36.7 Å². The molecule has 3 N–H and O–H groups in total. The number of aromatic nitrogens is 2. The number of carbonyl (C=O) groups excluding carboxylic acids is 1. The van der Waals surface area contributed by atoms with Gasteiger partial charge in [-0.1, -0.05) is 0 Å². The van der Waals surface area contributed by atoms with E-state index in [1.165, 1.54) is 0 Å². The molecule has 0 atom stereocenters. The lowest BCUT2D eigenvalue weighted by Gasteiger charge is -2.42. The number of hydrogen-bond donors (Lipinski definition) is 2. The monoisotopic (exact) mass is 421 g/mol. The zero-order valence-corrected chi connectivity index (χ0v) is 16.7. The van der Waals surface area contributed by atoms with Gasteiger partial charge >= 0.3 is 0 Å². The van der Waals surface area contributed by atoms with Crippen molar-refractivity contribution in [3.63, 3.8) is 0 Å². The molecular formula is C17H26Cl2FN5O2. The minimum Gasteiger partial charge on any atom is -0.486 e. The molecule has 27 heavy (non-hydrogen) atoms. The lowest BCUT2D eigenvalue weighted by atomic mass is 9.72. The average molecular weight is 422 g/mol. The Morgan fingerprint density at radius 1 is 1.30 bits per heavy atom. The SMILES string of the molecule is Cl.Cl.NC/C(=C\F)COc1cnc(N2CCC3(CCCNC3=O)CC2)nc1. The van der Waals surface area contributed by atoms with Gasteiger partial charge in [0, 0.05) is 31.8 Å². The van der Waals surface area contributed by atoms with Crippen LogP contribution in [0.3, 0.4) is 0 Å². The van der Waals surface area contributed by atoms with E-state index < -0.39 is 0 Å². The molecule has 0 saturated carbocycles. The third kappa shape index (κ3) is 5.43. The maximum absolute atomic E-state index is 12.5. The normalized spacial score (nSPS) is 19.0. The molecule has 0 bridgehead atoms. The summed E-state index contributed by atoms with van der Waals surface area (Å²) in [6.45, 7) is 2.50. The number of halogens is 3. The van der Waals surface area contributed by atoms with Crippen LogP contribution in [-0.4, -0.2) is 48.7 Å². The van der Waals surface area contributed by atoms with Crippen LogP contribution in [0, 0.1) is 5.41 Å². The van der Waals surface area contributed by atoms with Crippen molar-refractivity contribution in [2.24, 2.45) is 11.1 Å². The van der Waals surface area contributed by atoms with Gasteiger partial charge in [0.1, 0.15) is 6.61 Å². The van der Waals surface area contributed by atoms with Crippen molar-refractivity contribution < 1.29 is 13.9 Å². The highest BCUT2D eigenvalue weighted by Crippen LogP contribution is 2.38. The molecule has 0 aliphatic carbocycles. The maximum atomic E-state index is 12.5. The Kier molecular flexibility index (Phi) is 9.21. The Labute approximate surface area is 170 Å². The number of anilines is 1. The van der Waals surface area contributed by atoms with Crippen LogP contribution in [-0.2, 0) is 4.79 Å². The molecule has 152 valence electrons. The molecule has 1 aromatic rings. The molecule has 10 heteroatoms. The minimum atomic E-state index is -0.213. The van der Waals surface area contributed by atoms with Gasteiger partial charge in [-0.15, -0.1) is 24.8 Å². The maximum Gasteiger partial charge on any atom is 0.226 e. The molecule has 2 aliphatic rings.